The lowest BCUT2D eigenvalue weighted by Gasteiger charge is -2.11. The van der Waals surface area contributed by atoms with Crippen LogP contribution in [0.25, 0.3) is 0 Å². The van der Waals surface area contributed by atoms with E-state index in [1.54, 1.807) is 18.2 Å². The number of benzene rings is 2. The van der Waals surface area contributed by atoms with E-state index in [1.807, 2.05) is 18.2 Å². The number of ether oxygens (including phenoxy) is 4. The summed E-state index contributed by atoms with van der Waals surface area (Å²) in [4.78, 5) is 11.9. The van der Waals surface area contributed by atoms with Crippen LogP contribution in [0.5, 0.6) is 23.0 Å². The molecule has 0 aliphatic rings. The molecule has 2 aromatic rings. The number of hydrazone groups is 1. The van der Waals surface area contributed by atoms with Gasteiger partial charge in [0.1, 0.15) is 11.5 Å². The van der Waals surface area contributed by atoms with Gasteiger partial charge in [-0.1, -0.05) is 12.1 Å². The largest absolute Gasteiger partial charge is 0.496 e. The van der Waals surface area contributed by atoms with Crippen LogP contribution in [0, 0.1) is 0 Å². The smallest absolute Gasteiger partial charge is 0.277 e. The first-order chi connectivity index (χ1) is 12.6. The molecule has 0 fully saturated rings. The molecule has 8 heteroatoms. The van der Waals surface area contributed by atoms with Crippen molar-refractivity contribution in [2.24, 2.45) is 5.10 Å². The van der Waals surface area contributed by atoms with Crippen molar-refractivity contribution in [1.82, 2.24) is 5.43 Å². The van der Waals surface area contributed by atoms with Crippen molar-refractivity contribution in [3.05, 3.63) is 46.4 Å². The van der Waals surface area contributed by atoms with Crippen molar-refractivity contribution in [3.63, 3.8) is 0 Å². The van der Waals surface area contributed by atoms with Crippen molar-refractivity contribution in [2.45, 2.75) is 0 Å². The predicted octanol–water partition coefficient (Wildman–Crippen LogP) is 3.00. The van der Waals surface area contributed by atoms with Crippen LogP contribution in [-0.4, -0.2) is 40.1 Å². The maximum atomic E-state index is 11.9. The Hall–Kier alpha value is -2.74. The molecule has 0 aromatic heterocycles. The number of halogens is 1. The maximum absolute atomic E-state index is 11.9. The lowest BCUT2D eigenvalue weighted by Crippen LogP contribution is -2.24. The molecule has 138 valence electrons. The van der Waals surface area contributed by atoms with Gasteiger partial charge >= 0.3 is 0 Å². The quantitative estimate of drug-likeness (QED) is 0.522. The summed E-state index contributed by atoms with van der Waals surface area (Å²) in [6.07, 6.45) is 1.46. The number of nitrogens with zero attached hydrogens (tertiary/aromatic N) is 1. The topological polar surface area (TPSA) is 78.4 Å². The van der Waals surface area contributed by atoms with Crippen LogP contribution in [0.15, 0.2) is 46.0 Å². The highest BCUT2D eigenvalue weighted by Crippen LogP contribution is 2.33. The molecule has 0 unspecified atom stereocenters. The monoisotopic (exact) mass is 422 g/mol. The van der Waals surface area contributed by atoms with Gasteiger partial charge in [0.05, 0.1) is 32.0 Å². The third kappa shape index (κ3) is 5.13. The molecule has 1 amide bonds. The summed E-state index contributed by atoms with van der Waals surface area (Å²) in [5.41, 5.74) is 3.02. The fourth-order valence-corrected chi connectivity index (χ4v) is 2.46. The molecule has 0 saturated carbocycles. The molecule has 7 nitrogen and oxygen atoms in total. The van der Waals surface area contributed by atoms with Gasteiger partial charge in [0.15, 0.2) is 18.1 Å². The number of methoxy groups -OCH3 is 3. The minimum Gasteiger partial charge on any atom is -0.496 e. The van der Waals surface area contributed by atoms with Gasteiger partial charge in [-0.25, -0.2) is 5.43 Å². The third-order valence-corrected chi connectivity index (χ3v) is 3.98. The van der Waals surface area contributed by atoms with E-state index in [4.69, 9.17) is 18.9 Å². The average molecular weight is 423 g/mol. The second-order valence-electron chi connectivity index (χ2n) is 4.96. The van der Waals surface area contributed by atoms with E-state index >= 15 is 0 Å². The first kappa shape index (κ1) is 19.6. The van der Waals surface area contributed by atoms with E-state index in [9.17, 15) is 4.79 Å². The molecular weight excluding hydrogens is 404 g/mol. The second kappa shape index (κ2) is 9.67. The normalized spacial score (nSPS) is 10.5. The Kier molecular flexibility index (Phi) is 7.28. The number of carbonyl (C=O) groups is 1. The average Bonchev–Trinajstić information content (AvgIpc) is 2.66. The lowest BCUT2D eigenvalue weighted by molar-refractivity contribution is -0.123. The molecule has 2 aromatic carbocycles. The van der Waals surface area contributed by atoms with Crippen molar-refractivity contribution < 1.29 is 23.7 Å². The van der Waals surface area contributed by atoms with E-state index in [1.165, 1.54) is 27.5 Å². The summed E-state index contributed by atoms with van der Waals surface area (Å²) in [5, 5.41) is 3.92. The summed E-state index contributed by atoms with van der Waals surface area (Å²) in [6.45, 7) is -0.164. The van der Waals surface area contributed by atoms with Crippen LogP contribution in [-0.2, 0) is 4.79 Å². The number of hydrogen-bond donors (Lipinski definition) is 1. The molecule has 0 atom stereocenters. The van der Waals surface area contributed by atoms with Crippen LogP contribution in [0.2, 0.25) is 0 Å². The SMILES string of the molecule is COc1cc(OC)c(OC)cc1/C=N\NC(=O)COc1ccccc1Br. The first-order valence-corrected chi connectivity index (χ1v) is 8.37. The summed E-state index contributed by atoms with van der Waals surface area (Å²) in [5.74, 6) is 1.78. The fraction of sp³-hybridized carbons (Fsp3) is 0.222. The Morgan fingerprint density at radius 2 is 1.69 bits per heavy atom. The Morgan fingerprint density at radius 1 is 1.04 bits per heavy atom. The molecule has 0 spiro atoms. The molecule has 0 aliphatic heterocycles. The molecule has 0 aliphatic carbocycles. The van der Waals surface area contributed by atoms with E-state index in [0.29, 0.717) is 28.6 Å². The number of amides is 1. The van der Waals surface area contributed by atoms with E-state index in [-0.39, 0.29) is 6.61 Å². The van der Waals surface area contributed by atoms with E-state index in [2.05, 4.69) is 26.5 Å². The Labute approximate surface area is 160 Å². The van der Waals surface area contributed by atoms with Crippen LogP contribution in [0.1, 0.15) is 5.56 Å². The van der Waals surface area contributed by atoms with E-state index in [0.717, 1.165) is 4.47 Å². The summed E-state index contributed by atoms with van der Waals surface area (Å²) < 4.78 is 22.0. The zero-order valence-electron chi connectivity index (χ0n) is 14.6. The lowest BCUT2D eigenvalue weighted by atomic mass is 10.2. The molecule has 0 bridgehead atoms. The summed E-state index contributed by atoms with van der Waals surface area (Å²) in [7, 11) is 4.60. The van der Waals surface area contributed by atoms with Crippen molar-refractivity contribution in [1.29, 1.82) is 0 Å². The summed E-state index contributed by atoms with van der Waals surface area (Å²) >= 11 is 3.35. The fourth-order valence-electron chi connectivity index (χ4n) is 2.06. The maximum Gasteiger partial charge on any atom is 0.277 e. The van der Waals surface area contributed by atoms with Crippen LogP contribution >= 0.6 is 15.9 Å². The van der Waals surface area contributed by atoms with Crippen LogP contribution in [0.3, 0.4) is 0 Å². The number of carbonyl (C=O) groups excluding carboxylic acids is 1. The van der Waals surface area contributed by atoms with Crippen LogP contribution in [0.4, 0.5) is 0 Å². The van der Waals surface area contributed by atoms with Crippen molar-refractivity contribution >= 4 is 28.1 Å². The standard InChI is InChI=1S/C18H19BrN2O5/c1-23-15-9-17(25-3)16(24-2)8-12(15)10-20-21-18(22)11-26-14-7-5-4-6-13(14)19/h4-10H,11H2,1-3H3,(H,21,22)/b20-10-. The molecule has 0 radical (unpaired) electrons. The first-order valence-electron chi connectivity index (χ1n) is 7.58. The number of nitrogens with one attached hydrogen (secondary N) is 1. The van der Waals surface area contributed by atoms with Gasteiger partial charge in [-0.3, -0.25) is 4.79 Å². The van der Waals surface area contributed by atoms with Crippen molar-refractivity contribution in [3.8, 4) is 23.0 Å². The summed E-state index contributed by atoms with van der Waals surface area (Å²) in [6, 6.07) is 10.6. The Bertz CT molecular complexity index is 795. The highest BCUT2D eigenvalue weighted by Gasteiger charge is 2.10. The number of hydrogen-bond acceptors (Lipinski definition) is 6. The molecule has 1 N–H and O–H groups in total. The van der Waals surface area contributed by atoms with Crippen molar-refractivity contribution in [2.75, 3.05) is 27.9 Å². The predicted molar refractivity (Wildman–Crippen MR) is 101 cm³/mol. The molecule has 26 heavy (non-hydrogen) atoms. The van der Waals surface area contributed by atoms with Gasteiger partial charge in [-0.15, -0.1) is 0 Å². The minimum atomic E-state index is -0.392. The Morgan fingerprint density at radius 3 is 2.35 bits per heavy atom. The highest BCUT2D eigenvalue weighted by molar-refractivity contribution is 9.10. The second-order valence-corrected chi connectivity index (χ2v) is 5.82. The van der Waals surface area contributed by atoms with E-state index < -0.39 is 5.91 Å². The zero-order chi connectivity index (χ0) is 18.9. The van der Waals surface area contributed by atoms with Gasteiger partial charge in [0, 0.05) is 11.6 Å². The zero-order valence-corrected chi connectivity index (χ0v) is 16.2. The van der Waals surface area contributed by atoms with Crippen LogP contribution < -0.4 is 24.4 Å². The van der Waals surface area contributed by atoms with Gasteiger partial charge in [-0.05, 0) is 34.1 Å². The molecule has 2 rings (SSSR count). The highest BCUT2D eigenvalue weighted by atomic mass is 79.9. The Balaban J connectivity index is 1.99. The van der Waals surface area contributed by atoms with Gasteiger partial charge in [0.2, 0.25) is 0 Å². The number of rotatable bonds is 8. The van der Waals surface area contributed by atoms with Gasteiger partial charge < -0.3 is 18.9 Å². The molecule has 0 saturated heterocycles. The number of para-hydroxylation sites is 1. The molecule has 0 heterocycles. The minimum absolute atomic E-state index is 0.164. The third-order valence-electron chi connectivity index (χ3n) is 3.32. The molecular formula is C18H19BrN2O5. The van der Waals surface area contributed by atoms with Gasteiger partial charge in [0.25, 0.3) is 5.91 Å². The van der Waals surface area contributed by atoms with Gasteiger partial charge in [-0.2, -0.15) is 5.10 Å².